The SMILES string of the molecule is CC(OCc1ccccc1CN)C(F)(F)F. The van der Waals surface area contributed by atoms with Gasteiger partial charge in [0.05, 0.1) is 6.61 Å². The lowest BCUT2D eigenvalue weighted by atomic mass is 10.1. The Morgan fingerprint density at radius 3 is 2.31 bits per heavy atom. The summed E-state index contributed by atoms with van der Waals surface area (Å²) in [5.41, 5.74) is 6.96. The summed E-state index contributed by atoms with van der Waals surface area (Å²) in [4.78, 5) is 0. The zero-order valence-corrected chi connectivity index (χ0v) is 8.92. The molecule has 16 heavy (non-hydrogen) atoms. The Balaban J connectivity index is 2.61. The Kier molecular flexibility index (Phi) is 4.32. The van der Waals surface area contributed by atoms with Gasteiger partial charge in [0.25, 0.3) is 0 Å². The number of alkyl halides is 3. The van der Waals surface area contributed by atoms with Crippen molar-refractivity contribution in [3.8, 4) is 0 Å². The number of ether oxygens (including phenoxy) is 1. The quantitative estimate of drug-likeness (QED) is 0.867. The van der Waals surface area contributed by atoms with Gasteiger partial charge in [-0.2, -0.15) is 13.2 Å². The third-order valence-electron chi connectivity index (χ3n) is 2.29. The van der Waals surface area contributed by atoms with Crippen LogP contribution in [-0.4, -0.2) is 12.3 Å². The van der Waals surface area contributed by atoms with Crippen molar-refractivity contribution in [3.63, 3.8) is 0 Å². The summed E-state index contributed by atoms with van der Waals surface area (Å²) in [6.45, 7) is 1.21. The molecule has 90 valence electrons. The van der Waals surface area contributed by atoms with Gasteiger partial charge >= 0.3 is 6.18 Å². The van der Waals surface area contributed by atoms with Gasteiger partial charge in [-0.1, -0.05) is 24.3 Å². The van der Waals surface area contributed by atoms with E-state index in [-0.39, 0.29) is 6.61 Å². The molecule has 2 N–H and O–H groups in total. The van der Waals surface area contributed by atoms with Crippen LogP contribution in [0.15, 0.2) is 24.3 Å². The molecule has 0 saturated heterocycles. The predicted molar refractivity (Wildman–Crippen MR) is 54.6 cm³/mol. The molecule has 0 aliphatic rings. The monoisotopic (exact) mass is 233 g/mol. The van der Waals surface area contributed by atoms with Gasteiger partial charge in [-0.3, -0.25) is 0 Å². The van der Waals surface area contributed by atoms with Crippen molar-refractivity contribution >= 4 is 0 Å². The molecule has 0 heterocycles. The van der Waals surface area contributed by atoms with Crippen LogP contribution in [0.2, 0.25) is 0 Å². The standard InChI is InChI=1S/C11H14F3NO/c1-8(11(12,13)14)16-7-10-5-3-2-4-9(10)6-15/h2-5,8H,6-7,15H2,1H3. The minimum atomic E-state index is -4.32. The summed E-state index contributed by atoms with van der Waals surface area (Å²) in [5, 5.41) is 0. The zero-order chi connectivity index (χ0) is 12.2. The number of hydrogen-bond donors (Lipinski definition) is 1. The van der Waals surface area contributed by atoms with Crippen molar-refractivity contribution in [1.29, 1.82) is 0 Å². The van der Waals surface area contributed by atoms with E-state index in [1.54, 1.807) is 24.3 Å². The highest BCUT2D eigenvalue weighted by atomic mass is 19.4. The van der Waals surface area contributed by atoms with Crippen LogP contribution < -0.4 is 5.73 Å². The minimum Gasteiger partial charge on any atom is -0.364 e. The van der Waals surface area contributed by atoms with Crippen LogP contribution >= 0.6 is 0 Å². The van der Waals surface area contributed by atoms with E-state index in [0.29, 0.717) is 12.1 Å². The maximum Gasteiger partial charge on any atom is 0.414 e. The lowest BCUT2D eigenvalue weighted by Crippen LogP contribution is -2.28. The molecule has 1 aromatic rings. The lowest BCUT2D eigenvalue weighted by molar-refractivity contribution is -0.217. The van der Waals surface area contributed by atoms with Crippen LogP contribution in [0, 0.1) is 0 Å². The van der Waals surface area contributed by atoms with Crippen LogP contribution in [-0.2, 0) is 17.9 Å². The van der Waals surface area contributed by atoms with Gasteiger partial charge in [0, 0.05) is 6.54 Å². The molecule has 0 aliphatic heterocycles. The van der Waals surface area contributed by atoms with Crippen molar-refractivity contribution in [2.45, 2.75) is 32.4 Å². The average molecular weight is 233 g/mol. The summed E-state index contributed by atoms with van der Waals surface area (Å²) in [7, 11) is 0. The second-order valence-electron chi connectivity index (χ2n) is 3.47. The third-order valence-corrected chi connectivity index (χ3v) is 2.29. The van der Waals surface area contributed by atoms with Gasteiger partial charge in [0.2, 0.25) is 0 Å². The van der Waals surface area contributed by atoms with Crippen molar-refractivity contribution < 1.29 is 17.9 Å². The highest BCUT2D eigenvalue weighted by Gasteiger charge is 2.36. The number of hydrogen-bond acceptors (Lipinski definition) is 2. The molecule has 0 bridgehead atoms. The molecule has 0 spiro atoms. The van der Waals surface area contributed by atoms with Crippen LogP contribution in [0.25, 0.3) is 0 Å². The van der Waals surface area contributed by atoms with Crippen LogP contribution in [0.4, 0.5) is 13.2 Å². The fraction of sp³-hybridized carbons (Fsp3) is 0.455. The molecule has 2 nitrogen and oxygen atoms in total. The van der Waals surface area contributed by atoms with Crippen molar-refractivity contribution in [2.75, 3.05) is 0 Å². The number of rotatable bonds is 4. The topological polar surface area (TPSA) is 35.2 Å². The van der Waals surface area contributed by atoms with Gasteiger partial charge in [0.1, 0.15) is 0 Å². The van der Waals surface area contributed by atoms with Gasteiger partial charge < -0.3 is 10.5 Å². The predicted octanol–water partition coefficient (Wildman–Crippen LogP) is 2.61. The highest BCUT2D eigenvalue weighted by Crippen LogP contribution is 2.23. The molecule has 0 aromatic heterocycles. The molecule has 5 heteroatoms. The molecule has 1 aromatic carbocycles. The normalized spacial score (nSPS) is 13.8. The highest BCUT2D eigenvalue weighted by molar-refractivity contribution is 5.26. The molecule has 0 fully saturated rings. The summed E-state index contributed by atoms with van der Waals surface area (Å²) in [6.07, 6.45) is -6.09. The Hall–Kier alpha value is -1.07. The van der Waals surface area contributed by atoms with E-state index in [9.17, 15) is 13.2 Å². The fourth-order valence-electron chi connectivity index (χ4n) is 1.21. The second-order valence-corrected chi connectivity index (χ2v) is 3.47. The van der Waals surface area contributed by atoms with Crippen LogP contribution in [0.3, 0.4) is 0 Å². The molecular weight excluding hydrogens is 219 g/mol. The third kappa shape index (κ3) is 3.50. The van der Waals surface area contributed by atoms with Gasteiger partial charge in [-0.25, -0.2) is 0 Å². The zero-order valence-electron chi connectivity index (χ0n) is 8.92. The van der Waals surface area contributed by atoms with E-state index in [4.69, 9.17) is 10.5 Å². The first-order chi connectivity index (χ1) is 7.45. The smallest absolute Gasteiger partial charge is 0.364 e. The molecule has 1 unspecified atom stereocenters. The Morgan fingerprint density at radius 2 is 1.81 bits per heavy atom. The molecule has 0 saturated carbocycles. The summed E-state index contributed by atoms with van der Waals surface area (Å²) >= 11 is 0. The van der Waals surface area contributed by atoms with Crippen LogP contribution in [0.1, 0.15) is 18.1 Å². The fourth-order valence-corrected chi connectivity index (χ4v) is 1.21. The van der Waals surface area contributed by atoms with E-state index in [2.05, 4.69) is 0 Å². The average Bonchev–Trinajstić information content (AvgIpc) is 2.24. The van der Waals surface area contributed by atoms with E-state index in [1.807, 2.05) is 0 Å². The van der Waals surface area contributed by atoms with E-state index in [0.717, 1.165) is 12.5 Å². The first kappa shape index (κ1) is 13.0. The van der Waals surface area contributed by atoms with Gasteiger partial charge in [0.15, 0.2) is 6.10 Å². The Labute approximate surface area is 92.2 Å². The Morgan fingerprint density at radius 1 is 1.25 bits per heavy atom. The van der Waals surface area contributed by atoms with E-state index < -0.39 is 12.3 Å². The number of halogens is 3. The lowest BCUT2D eigenvalue weighted by Gasteiger charge is -2.17. The minimum absolute atomic E-state index is 0.0753. The molecule has 1 atom stereocenters. The van der Waals surface area contributed by atoms with Gasteiger partial charge in [-0.05, 0) is 18.1 Å². The largest absolute Gasteiger partial charge is 0.414 e. The maximum absolute atomic E-state index is 12.2. The Bertz CT molecular complexity index is 338. The van der Waals surface area contributed by atoms with Crippen molar-refractivity contribution in [2.24, 2.45) is 5.73 Å². The number of nitrogens with two attached hydrogens (primary N) is 1. The maximum atomic E-state index is 12.2. The van der Waals surface area contributed by atoms with Crippen molar-refractivity contribution in [1.82, 2.24) is 0 Å². The van der Waals surface area contributed by atoms with Gasteiger partial charge in [-0.15, -0.1) is 0 Å². The second kappa shape index (κ2) is 5.32. The molecule has 1 rings (SSSR count). The number of benzene rings is 1. The summed E-state index contributed by atoms with van der Waals surface area (Å²) in [6, 6.07) is 7.03. The summed E-state index contributed by atoms with van der Waals surface area (Å²) < 4.78 is 41.3. The van der Waals surface area contributed by atoms with E-state index in [1.165, 1.54) is 0 Å². The van der Waals surface area contributed by atoms with Crippen molar-refractivity contribution in [3.05, 3.63) is 35.4 Å². The molecular formula is C11H14F3NO. The summed E-state index contributed by atoms with van der Waals surface area (Å²) in [5.74, 6) is 0. The first-order valence-electron chi connectivity index (χ1n) is 4.90. The molecule has 0 radical (unpaired) electrons. The van der Waals surface area contributed by atoms with E-state index >= 15 is 0 Å². The van der Waals surface area contributed by atoms with Crippen LogP contribution in [0.5, 0.6) is 0 Å². The molecule has 0 amide bonds. The first-order valence-corrected chi connectivity index (χ1v) is 4.90. The molecule has 0 aliphatic carbocycles.